The first-order valence-electron chi connectivity index (χ1n) is 5.40. The summed E-state index contributed by atoms with van der Waals surface area (Å²) in [7, 11) is 0. The molecule has 90 valence electrons. The Morgan fingerprint density at radius 2 is 2.29 bits per heavy atom. The van der Waals surface area contributed by atoms with Crippen molar-refractivity contribution in [2.24, 2.45) is 0 Å². The van der Waals surface area contributed by atoms with Gasteiger partial charge >= 0.3 is 0 Å². The minimum absolute atomic E-state index is 0.643. The van der Waals surface area contributed by atoms with E-state index >= 15 is 0 Å². The van der Waals surface area contributed by atoms with Crippen LogP contribution in [-0.2, 0) is 4.74 Å². The second-order valence-electron chi connectivity index (χ2n) is 3.42. The van der Waals surface area contributed by atoms with Crippen molar-refractivity contribution in [2.45, 2.75) is 6.42 Å². The van der Waals surface area contributed by atoms with Gasteiger partial charge in [0.1, 0.15) is 0 Å². The highest BCUT2D eigenvalue weighted by atomic mass is 79.9. The van der Waals surface area contributed by atoms with Crippen molar-refractivity contribution in [1.29, 1.82) is 5.26 Å². The molecule has 1 aromatic carbocycles. The molecule has 0 aliphatic carbocycles. The summed E-state index contributed by atoms with van der Waals surface area (Å²) in [5, 5.41) is 12.0. The highest BCUT2D eigenvalue weighted by Gasteiger charge is 2.00. The van der Waals surface area contributed by atoms with Crippen LogP contribution in [0, 0.1) is 11.3 Å². The van der Waals surface area contributed by atoms with Crippen molar-refractivity contribution in [2.75, 3.05) is 25.1 Å². The second kappa shape index (κ2) is 7.88. The lowest BCUT2D eigenvalue weighted by molar-refractivity contribution is 0.149. The topological polar surface area (TPSA) is 45.0 Å². The number of rotatable bonds is 7. The van der Waals surface area contributed by atoms with Gasteiger partial charge in [-0.1, -0.05) is 6.08 Å². The van der Waals surface area contributed by atoms with Crippen LogP contribution in [0.2, 0.25) is 0 Å². The first-order chi connectivity index (χ1) is 8.27. The highest BCUT2D eigenvalue weighted by molar-refractivity contribution is 9.10. The highest BCUT2D eigenvalue weighted by Crippen LogP contribution is 2.22. The van der Waals surface area contributed by atoms with Crippen molar-refractivity contribution >= 4 is 21.6 Å². The van der Waals surface area contributed by atoms with Gasteiger partial charge in [0.05, 0.1) is 24.8 Å². The fraction of sp³-hybridized carbons (Fsp3) is 0.308. The third-order valence-corrected chi connectivity index (χ3v) is 2.78. The summed E-state index contributed by atoms with van der Waals surface area (Å²) in [5.41, 5.74) is 1.61. The summed E-state index contributed by atoms with van der Waals surface area (Å²) >= 11 is 3.41. The van der Waals surface area contributed by atoms with E-state index in [1.807, 2.05) is 12.1 Å². The number of nitrogens with one attached hydrogen (secondary N) is 1. The lowest BCUT2D eigenvalue weighted by atomic mass is 10.2. The van der Waals surface area contributed by atoms with Crippen LogP contribution in [0.3, 0.4) is 0 Å². The molecular weight excluding hydrogens is 280 g/mol. The number of hydrogen-bond acceptors (Lipinski definition) is 3. The molecule has 0 bridgehead atoms. The van der Waals surface area contributed by atoms with Gasteiger partial charge in [0.15, 0.2) is 0 Å². The molecule has 0 aliphatic rings. The minimum Gasteiger partial charge on any atom is -0.382 e. The molecule has 0 fully saturated rings. The number of ether oxygens (including phenoxy) is 1. The maximum atomic E-state index is 8.73. The molecule has 0 heterocycles. The predicted octanol–water partition coefficient (Wildman–Crippen LogP) is 3.33. The molecule has 0 unspecified atom stereocenters. The normalized spacial score (nSPS) is 9.65. The van der Waals surface area contributed by atoms with E-state index in [4.69, 9.17) is 10.00 Å². The SMILES string of the molecule is C=CCCOCCNc1ccc(C#N)cc1Br. The van der Waals surface area contributed by atoms with Crippen LogP contribution in [0.5, 0.6) is 0 Å². The van der Waals surface area contributed by atoms with Crippen LogP contribution in [0.4, 0.5) is 5.69 Å². The third-order valence-electron chi connectivity index (χ3n) is 2.13. The van der Waals surface area contributed by atoms with Crippen LogP contribution in [0.15, 0.2) is 35.3 Å². The molecule has 0 atom stereocenters. The Labute approximate surface area is 110 Å². The van der Waals surface area contributed by atoms with Gasteiger partial charge in [0.25, 0.3) is 0 Å². The van der Waals surface area contributed by atoms with E-state index in [0.29, 0.717) is 18.8 Å². The molecule has 0 saturated heterocycles. The minimum atomic E-state index is 0.643. The molecule has 0 amide bonds. The van der Waals surface area contributed by atoms with Gasteiger partial charge in [-0.05, 0) is 40.5 Å². The Morgan fingerprint density at radius 3 is 2.94 bits per heavy atom. The van der Waals surface area contributed by atoms with Crippen molar-refractivity contribution in [3.8, 4) is 6.07 Å². The van der Waals surface area contributed by atoms with Crippen LogP contribution >= 0.6 is 15.9 Å². The summed E-state index contributed by atoms with van der Waals surface area (Å²) in [5.74, 6) is 0. The molecule has 0 aliphatic heterocycles. The summed E-state index contributed by atoms with van der Waals surface area (Å²) in [4.78, 5) is 0. The first kappa shape index (κ1) is 13.8. The molecule has 0 saturated carbocycles. The number of nitriles is 1. The Morgan fingerprint density at radius 1 is 1.47 bits per heavy atom. The lowest BCUT2D eigenvalue weighted by Gasteiger charge is -2.08. The molecule has 0 aromatic heterocycles. The van der Waals surface area contributed by atoms with Gasteiger partial charge in [-0.15, -0.1) is 6.58 Å². The van der Waals surface area contributed by atoms with Crippen molar-refractivity contribution in [3.63, 3.8) is 0 Å². The second-order valence-corrected chi connectivity index (χ2v) is 4.28. The molecule has 17 heavy (non-hydrogen) atoms. The maximum absolute atomic E-state index is 8.73. The molecule has 1 rings (SSSR count). The van der Waals surface area contributed by atoms with Crippen LogP contribution < -0.4 is 5.32 Å². The van der Waals surface area contributed by atoms with Crippen LogP contribution in [0.25, 0.3) is 0 Å². The lowest BCUT2D eigenvalue weighted by Crippen LogP contribution is -2.10. The Balaban J connectivity index is 2.32. The smallest absolute Gasteiger partial charge is 0.0992 e. The standard InChI is InChI=1S/C13H15BrN2O/c1-2-3-7-17-8-6-16-13-5-4-11(10-15)9-12(13)14/h2,4-5,9,16H,1,3,6-8H2. The molecule has 1 aromatic rings. The largest absolute Gasteiger partial charge is 0.382 e. The monoisotopic (exact) mass is 294 g/mol. The van der Waals surface area contributed by atoms with E-state index in [1.54, 1.807) is 12.1 Å². The van der Waals surface area contributed by atoms with Gasteiger partial charge in [0.2, 0.25) is 0 Å². The summed E-state index contributed by atoms with van der Waals surface area (Å²) < 4.78 is 6.27. The summed E-state index contributed by atoms with van der Waals surface area (Å²) in [6.45, 7) is 5.72. The van der Waals surface area contributed by atoms with Gasteiger partial charge < -0.3 is 10.1 Å². The predicted molar refractivity (Wildman–Crippen MR) is 73.0 cm³/mol. The number of halogens is 1. The molecule has 0 radical (unpaired) electrons. The molecule has 0 spiro atoms. The van der Waals surface area contributed by atoms with Crippen LogP contribution in [-0.4, -0.2) is 19.8 Å². The van der Waals surface area contributed by atoms with Gasteiger partial charge in [-0.25, -0.2) is 0 Å². The zero-order valence-electron chi connectivity index (χ0n) is 9.58. The fourth-order valence-electron chi connectivity index (χ4n) is 1.25. The zero-order chi connectivity index (χ0) is 12.5. The molecule has 3 nitrogen and oxygen atoms in total. The van der Waals surface area contributed by atoms with Gasteiger partial charge in [-0.3, -0.25) is 0 Å². The van der Waals surface area contributed by atoms with E-state index in [1.165, 1.54) is 0 Å². The van der Waals surface area contributed by atoms with Crippen molar-refractivity contribution in [1.82, 2.24) is 0 Å². The maximum Gasteiger partial charge on any atom is 0.0992 e. The average molecular weight is 295 g/mol. The van der Waals surface area contributed by atoms with Crippen molar-refractivity contribution < 1.29 is 4.74 Å². The Bertz CT molecular complexity index is 412. The molecular formula is C13H15BrN2O. The van der Waals surface area contributed by atoms with E-state index in [0.717, 1.165) is 23.1 Å². The van der Waals surface area contributed by atoms with E-state index < -0.39 is 0 Å². The van der Waals surface area contributed by atoms with Crippen molar-refractivity contribution in [3.05, 3.63) is 40.9 Å². The third kappa shape index (κ3) is 5.03. The number of nitrogens with zero attached hydrogens (tertiary/aromatic N) is 1. The average Bonchev–Trinajstić information content (AvgIpc) is 2.35. The van der Waals surface area contributed by atoms with Crippen LogP contribution in [0.1, 0.15) is 12.0 Å². The fourth-order valence-corrected chi connectivity index (χ4v) is 1.77. The Kier molecular flexibility index (Phi) is 6.38. The quantitative estimate of drug-likeness (QED) is 0.620. The van der Waals surface area contributed by atoms with Gasteiger partial charge in [0, 0.05) is 16.7 Å². The van der Waals surface area contributed by atoms with E-state index in [9.17, 15) is 0 Å². The number of hydrogen-bond donors (Lipinski definition) is 1. The molecule has 1 N–H and O–H groups in total. The molecule has 4 heteroatoms. The Hall–Kier alpha value is -1.31. The van der Waals surface area contributed by atoms with Gasteiger partial charge in [-0.2, -0.15) is 5.26 Å². The first-order valence-corrected chi connectivity index (χ1v) is 6.19. The number of anilines is 1. The number of benzene rings is 1. The summed E-state index contributed by atoms with van der Waals surface area (Å²) in [6, 6.07) is 7.55. The summed E-state index contributed by atoms with van der Waals surface area (Å²) in [6.07, 6.45) is 2.71. The van der Waals surface area contributed by atoms with E-state index in [-0.39, 0.29) is 0 Å². The zero-order valence-corrected chi connectivity index (χ0v) is 11.2. The van der Waals surface area contributed by atoms with E-state index in [2.05, 4.69) is 33.9 Å².